The molecule has 0 bridgehead atoms. The lowest BCUT2D eigenvalue weighted by molar-refractivity contribution is -0.148. The van der Waals surface area contributed by atoms with Crippen molar-refractivity contribution in [2.75, 3.05) is 19.0 Å². The van der Waals surface area contributed by atoms with Crippen molar-refractivity contribution < 1.29 is 23.8 Å². The molecule has 0 fully saturated rings. The van der Waals surface area contributed by atoms with Crippen molar-refractivity contribution in [3.63, 3.8) is 0 Å². The minimum atomic E-state index is -0.923. The number of hydrogen-bond acceptors (Lipinski definition) is 5. The van der Waals surface area contributed by atoms with Gasteiger partial charge < -0.3 is 19.5 Å². The normalized spacial score (nSPS) is 11.7. The van der Waals surface area contributed by atoms with Crippen molar-refractivity contribution in [1.29, 1.82) is 0 Å². The van der Waals surface area contributed by atoms with Crippen molar-refractivity contribution in [2.45, 2.75) is 33.3 Å². The summed E-state index contributed by atoms with van der Waals surface area (Å²) in [6.07, 6.45) is 2.84. The summed E-state index contributed by atoms with van der Waals surface area (Å²) in [5, 5.41) is 2.72. The van der Waals surface area contributed by atoms with Gasteiger partial charge in [0.15, 0.2) is 17.6 Å². The zero-order valence-corrected chi connectivity index (χ0v) is 17.2. The molecule has 2 aromatic carbocycles. The van der Waals surface area contributed by atoms with E-state index in [9.17, 15) is 9.59 Å². The Kier molecular flexibility index (Phi) is 8.27. The summed E-state index contributed by atoms with van der Waals surface area (Å²) >= 11 is 0. The second-order valence-electron chi connectivity index (χ2n) is 6.53. The van der Waals surface area contributed by atoms with Crippen LogP contribution in [0, 0.1) is 6.92 Å². The van der Waals surface area contributed by atoms with E-state index in [4.69, 9.17) is 14.2 Å². The van der Waals surface area contributed by atoms with E-state index in [0.717, 1.165) is 17.5 Å². The molecule has 1 N–H and O–H groups in total. The van der Waals surface area contributed by atoms with Crippen LogP contribution in [0.25, 0.3) is 6.08 Å². The van der Waals surface area contributed by atoms with Crippen LogP contribution >= 0.6 is 0 Å². The van der Waals surface area contributed by atoms with Gasteiger partial charge in [-0.1, -0.05) is 30.7 Å². The molecule has 6 nitrogen and oxygen atoms in total. The van der Waals surface area contributed by atoms with Gasteiger partial charge in [0.05, 0.1) is 13.7 Å². The molecule has 0 spiro atoms. The lowest BCUT2D eigenvalue weighted by Crippen LogP contribution is -2.29. The first-order chi connectivity index (χ1) is 13.9. The number of carbonyl (C=O) groups excluding carboxylic acids is 2. The molecule has 1 atom stereocenters. The quantitative estimate of drug-likeness (QED) is 0.502. The summed E-state index contributed by atoms with van der Waals surface area (Å²) in [5.41, 5.74) is 2.49. The highest BCUT2D eigenvalue weighted by Crippen LogP contribution is 2.28. The van der Waals surface area contributed by atoms with Crippen molar-refractivity contribution in [2.24, 2.45) is 0 Å². The number of nitrogens with one attached hydrogen (secondary N) is 1. The number of hydrogen-bond donors (Lipinski definition) is 1. The fourth-order valence-corrected chi connectivity index (χ4v) is 2.43. The Morgan fingerprint density at radius 2 is 1.83 bits per heavy atom. The molecule has 0 aliphatic rings. The molecule has 0 saturated carbocycles. The molecule has 154 valence electrons. The van der Waals surface area contributed by atoms with Crippen LogP contribution in [0.4, 0.5) is 5.69 Å². The summed E-state index contributed by atoms with van der Waals surface area (Å²) in [5.74, 6) is 0.229. The van der Waals surface area contributed by atoms with Gasteiger partial charge in [0, 0.05) is 11.8 Å². The van der Waals surface area contributed by atoms with Gasteiger partial charge in [-0.3, -0.25) is 4.79 Å². The second kappa shape index (κ2) is 10.9. The number of methoxy groups -OCH3 is 1. The molecular weight excluding hydrogens is 370 g/mol. The van der Waals surface area contributed by atoms with Crippen LogP contribution in [-0.2, 0) is 14.3 Å². The molecule has 0 saturated heterocycles. The van der Waals surface area contributed by atoms with Gasteiger partial charge in [0.2, 0.25) is 0 Å². The molecule has 1 amide bonds. The van der Waals surface area contributed by atoms with E-state index >= 15 is 0 Å². The lowest BCUT2D eigenvalue weighted by Gasteiger charge is -2.12. The Balaban J connectivity index is 1.92. The smallest absolute Gasteiger partial charge is 0.331 e. The summed E-state index contributed by atoms with van der Waals surface area (Å²) in [4.78, 5) is 24.2. The van der Waals surface area contributed by atoms with Gasteiger partial charge >= 0.3 is 5.97 Å². The number of rotatable bonds is 9. The molecule has 0 radical (unpaired) electrons. The van der Waals surface area contributed by atoms with Crippen LogP contribution in [0.2, 0.25) is 0 Å². The highest BCUT2D eigenvalue weighted by molar-refractivity contribution is 5.96. The zero-order valence-electron chi connectivity index (χ0n) is 17.2. The average molecular weight is 397 g/mol. The third-order valence-electron chi connectivity index (χ3n) is 4.04. The Labute approximate surface area is 171 Å². The van der Waals surface area contributed by atoms with Crippen molar-refractivity contribution in [3.05, 3.63) is 59.7 Å². The van der Waals surface area contributed by atoms with Crippen LogP contribution < -0.4 is 14.8 Å². The highest BCUT2D eigenvalue weighted by Gasteiger charge is 2.16. The van der Waals surface area contributed by atoms with Crippen LogP contribution in [-0.4, -0.2) is 31.7 Å². The SMILES string of the molecule is CCCOc1ccc(/C=C/C(=O)O[C@H](C)C(=O)Nc2ccc(C)cc2)cc1OC. The summed E-state index contributed by atoms with van der Waals surface area (Å²) < 4.78 is 16.1. The van der Waals surface area contributed by atoms with E-state index in [2.05, 4.69) is 5.32 Å². The maximum atomic E-state index is 12.2. The summed E-state index contributed by atoms with van der Waals surface area (Å²) in [7, 11) is 1.56. The van der Waals surface area contributed by atoms with Gasteiger partial charge in [-0.2, -0.15) is 0 Å². The van der Waals surface area contributed by atoms with Gasteiger partial charge in [0.1, 0.15) is 0 Å². The maximum absolute atomic E-state index is 12.2. The standard InChI is InChI=1S/C23H27NO5/c1-5-14-28-20-12-8-18(15-21(20)27-4)9-13-22(25)29-17(3)23(26)24-19-10-6-16(2)7-11-19/h6-13,15,17H,5,14H2,1-4H3,(H,24,26)/b13-9+/t17-/m1/s1. The zero-order chi connectivity index (χ0) is 21.2. The third-order valence-corrected chi connectivity index (χ3v) is 4.04. The topological polar surface area (TPSA) is 73.9 Å². The fourth-order valence-electron chi connectivity index (χ4n) is 2.43. The van der Waals surface area contributed by atoms with Gasteiger partial charge in [0.25, 0.3) is 5.91 Å². The Bertz CT molecular complexity index is 858. The van der Waals surface area contributed by atoms with E-state index in [1.165, 1.54) is 13.0 Å². The number of esters is 1. The van der Waals surface area contributed by atoms with Crippen molar-refractivity contribution in [3.8, 4) is 11.5 Å². The van der Waals surface area contributed by atoms with E-state index < -0.39 is 18.0 Å². The van der Waals surface area contributed by atoms with Crippen molar-refractivity contribution >= 4 is 23.6 Å². The molecule has 0 unspecified atom stereocenters. The molecular formula is C23H27NO5. The van der Waals surface area contributed by atoms with Crippen LogP contribution in [0.15, 0.2) is 48.5 Å². The van der Waals surface area contributed by atoms with Crippen LogP contribution in [0.3, 0.4) is 0 Å². The number of benzene rings is 2. The molecule has 29 heavy (non-hydrogen) atoms. The van der Waals surface area contributed by atoms with Gasteiger partial charge in [-0.05, 0) is 56.2 Å². The fraction of sp³-hybridized carbons (Fsp3) is 0.304. The Morgan fingerprint density at radius 1 is 1.10 bits per heavy atom. The van der Waals surface area contributed by atoms with Crippen LogP contribution in [0.5, 0.6) is 11.5 Å². The van der Waals surface area contributed by atoms with Crippen molar-refractivity contribution in [1.82, 2.24) is 0 Å². The molecule has 0 aliphatic heterocycles. The molecule has 0 heterocycles. The number of carbonyl (C=O) groups is 2. The predicted octanol–water partition coefficient (Wildman–Crippen LogP) is 4.38. The lowest BCUT2D eigenvalue weighted by atomic mass is 10.2. The van der Waals surface area contributed by atoms with E-state index in [1.54, 1.807) is 37.5 Å². The maximum Gasteiger partial charge on any atom is 0.331 e. The van der Waals surface area contributed by atoms with Gasteiger partial charge in [-0.25, -0.2) is 4.79 Å². The summed E-state index contributed by atoms with van der Waals surface area (Å²) in [6, 6.07) is 12.7. The molecule has 6 heteroatoms. The van der Waals surface area contributed by atoms with E-state index in [-0.39, 0.29) is 0 Å². The van der Waals surface area contributed by atoms with E-state index in [0.29, 0.717) is 23.8 Å². The molecule has 0 aromatic heterocycles. The summed E-state index contributed by atoms with van der Waals surface area (Å²) in [6.45, 7) is 6.11. The minimum Gasteiger partial charge on any atom is -0.493 e. The number of amides is 1. The first-order valence-electron chi connectivity index (χ1n) is 9.50. The average Bonchev–Trinajstić information content (AvgIpc) is 2.72. The number of ether oxygens (including phenoxy) is 3. The molecule has 0 aliphatic carbocycles. The first kappa shape index (κ1) is 22.0. The Hall–Kier alpha value is -3.28. The monoisotopic (exact) mass is 397 g/mol. The second-order valence-corrected chi connectivity index (χ2v) is 6.53. The Morgan fingerprint density at radius 3 is 2.48 bits per heavy atom. The van der Waals surface area contributed by atoms with Gasteiger partial charge in [-0.15, -0.1) is 0 Å². The third kappa shape index (κ3) is 6.99. The van der Waals surface area contributed by atoms with Crippen LogP contribution in [0.1, 0.15) is 31.4 Å². The van der Waals surface area contributed by atoms with E-state index in [1.807, 2.05) is 32.0 Å². The first-order valence-corrected chi connectivity index (χ1v) is 9.50. The number of anilines is 1. The largest absolute Gasteiger partial charge is 0.493 e. The molecule has 2 aromatic rings. The predicted molar refractivity (Wildman–Crippen MR) is 113 cm³/mol. The minimum absolute atomic E-state index is 0.394. The highest BCUT2D eigenvalue weighted by atomic mass is 16.5. The number of aryl methyl sites for hydroxylation is 1. The molecule has 2 rings (SSSR count).